The Kier molecular flexibility index (Phi) is 6.07. The van der Waals surface area contributed by atoms with Crippen molar-refractivity contribution in [2.45, 2.75) is 6.92 Å². The second-order valence-electron chi connectivity index (χ2n) is 7.31. The highest BCUT2D eigenvalue weighted by Gasteiger charge is 2.41. The first-order valence-electron chi connectivity index (χ1n) is 9.99. The molecule has 6 nitrogen and oxygen atoms in total. The van der Waals surface area contributed by atoms with Crippen LogP contribution in [0.25, 0.3) is 5.57 Å². The van der Waals surface area contributed by atoms with Crippen LogP contribution < -0.4 is 19.7 Å². The molecule has 1 aliphatic rings. The molecule has 1 N–H and O–H groups in total. The van der Waals surface area contributed by atoms with Crippen LogP contribution in [0.15, 0.2) is 66.4 Å². The SMILES string of the molecule is COc1ccc(C2=C(Nc3ccc(C)c(Cl)c3)C(=O)N(c3ccccc3F)C2=O)cc1OC. The molecule has 168 valence electrons. The van der Waals surface area contributed by atoms with Gasteiger partial charge >= 0.3 is 0 Å². The number of nitrogens with zero attached hydrogens (tertiary/aromatic N) is 1. The van der Waals surface area contributed by atoms with Gasteiger partial charge in [0.05, 0.1) is 25.5 Å². The lowest BCUT2D eigenvalue weighted by molar-refractivity contribution is -0.120. The highest BCUT2D eigenvalue weighted by Crippen LogP contribution is 2.38. The van der Waals surface area contributed by atoms with E-state index in [4.69, 9.17) is 21.1 Å². The molecular weight excluding hydrogens is 447 g/mol. The van der Waals surface area contributed by atoms with E-state index in [1.807, 2.05) is 6.92 Å². The van der Waals surface area contributed by atoms with Crippen LogP contribution >= 0.6 is 11.6 Å². The maximum Gasteiger partial charge on any atom is 0.282 e. The highest BCUT2D eigenvalue weighted by molar-refractivity contribution is 6.46. The molecule has 0 aliphatic carbocycles. The number of para-hydroxylation sites is 1. The van der Waals surface area contributed by atoms with Crippen LogP contribution in [0, 0.1) is 12.7 Å². The molecule has 8 heteroatoms. The zero-order valence-corrected chi connectivity index (χ0v) is 18.9. The smallest absolute Gasteiger partial charge is 0.282 e. The fourth-order valence-electron chi connectivity index (χ4n) is 3.57. The molecule has 0 radical (unpaired) electrons. The van der Waals surface area contributed by atoms with Gasteiger partial charge in [-0.2, -0.15) is 0 Å². The minimum atomic E-state index is -0.689. The van der Waals surface area contributed by atoms with Gasteiger partial charge in [-0.15, -0.1) is 0 Å². The van der Waals surface area contributed by atoms with E-state index < -0.39 is 17.6 Å². The lowest BCUT2D eigenvalue weighted by atomic mass is 10.0. The number of hydrogen-bond donors (Lipinski definition) is 1. The summed E-state index contributed by atoms with van der Waals surface area (Å²) in [6.45, 7) is 1.85. The summed E-state index contributed by atoms with van der Waals surface area (Å²) < 4.78 is 25.2. The van der Waals surface area contributed by atoms with Gasteiger partial charge in [0.15, 0.2) is 11.5 Å². The van der Waals surface area contributed by atoms with Gasteiger partial charge in [-0.05, 0) is 54.4 Å². The van der Waals surface area contributed by atoms with Crippen LogP contribution in [0.4, 0.5) is 15.8 Å². The number of carbonyl (C=O) groups excluding carboxylic acids is 2. The fraction of sp³-hybridized carbons (Fsp3) is 0.120. The lowest BCUT2D eigenvalue weighted by Crippen LogP contribution is -2.33. The zero-order chi connectivity index (χ0) is 23.7. The van der Waals surface area contributed by atoms with Crippen molar-refractivity contribution in [3.8, 4) is 11.5 Å². The Balaban J connectivity index is 1.87. The quantitative estimate of drug-likeness (QED) is 0.506. The van der Waals surface area contributed by atoms with Crippen LogP contribution in [-0.4, -0.2) is 26.0 Å². The molecule has 2 amide bonds. The van der Waals surface area contributed by atoms with Gasteiger partial charge in [-0.25, -0.2) is 9.29 Å². The van der Waals surface area contributed by atoms with E-state index in [9.17, 15) is 14.0 Å². The summed E-state index contributed by atoms with van der Waals surface area (Å²) in [5, 5.41) is 3.51. The number of anilines is 2. The fourth-order valence-corrected chi connectivity index (χ4v) is 3.75. The molecule has 3 aromatic carbocycles. The minimum Gasteiger partial charge on any atom is -0.493 e. The number of imide groups is 1. The Morgan fingerprint density at radius 3 is 2.30 bits per heavy atom. The van der Waals surface area contributed by atoms with Crippen molar-refractivity contribution in [2.24, 2.45) is 0 Å². The minimum absolute atomic E-state index is 0.00427. The predicted molar refractivity (Wildman–Crippen MR) is 125 cm³/mol. The molecule has 0 saturated carbocycles. The van der Waals surface area contributed by atoms with Crippen LogP contribution in [0.2, 0.25) is 5.02 Å². The molecule has 1 heterocycles. The predicted octanol–water partition coefficient (Wildman–Crippen LogP) is 5.20. The third-order valence-electron chi connectivity index (χ3n) is 5.29. The van der Waals surface area contributed by atoms with Gasteiger partial charge in [0, 0.05) is 10.7 Å². The van der Waals surface area contributed by atoms with Gasteiger partial charge in [0.25, 0.3) is 11.8 Å². The van der Waals surface area contributed by atoms with E-state index in [1.165, 1.54) is 32.4 Å². The number of hydrogen-bond acceptors (Lipinski definition) is 5. The molecule has 0 unspecified atom stereocenters. The summed E-state index contributed by atoms with van der Waals surface area (Å²) >= 11 is 6.24. The Bertz CT molecular complexity index is 1310. The monoisotopic (exact) mass is 466 g/mol. The van der Waals surface area contributed by atoms with E-state index in [2.05, 4.69) is 5.32 Å². The lowest BCUT2D eigenvalue weighted by Gasteiger charge is -2.16. The summed E-state index contributed by atoms with van der Waals surface area (Å²) in [6.07, 6.45) is 0. The molecule has 33 heavy (non-hydrogen) atoms. The number of nitrogens with one attached hydrogen (secondary N) is 1. The summed E-state index contributed by atoms with van der Waals surface area (Å²) in [5.41, 5.74) is 1.71. The maximum atomic E-state index is 14.5. The van der Waals surface area contributed by atoms with Crippen molar-refractivity contribution < 1.29 is 23.5 Å². The first-order valence-corrected chi connectivity index (χ1v) is 10.4. The Morgan fingerprint density at radius 2 is 1.64 bits per heavy atom. The van der Waals surface area contributed by atoms with Crippen molar-refractivity contribution in [3.05, 3.63) is 88.3 Å². The topological polar surface area (TPSA) is 67.9 Å². The van der Waals surface area contributed by atoms with Crippen LogP contribution in [0.3, 0.4) is 0 Å². The van der Waals surface area contributed by atoms with Gasteiger partial charge in [0.1, 0.15) is 11.5 Å². The summed E-state index contributed by atoms with van der Waals surface area (Å²) in [4.78, 5) is 27.7. The maximum absolute atomic E-state index is 14.5. The number of methoxy groups -OCH3 is 2. The number of rotatable bonds is 6. The summed E-state index contributed by atoms with van der Waals surface area (Å²) in [6, 6.07) is 15.6. The van der Waals surface area contributed by atoms with Gasteiger partial charge < -0.3 is 14.8 Å². The Hall–Kier alpha value is -3.84. The van der Waals surface area contributed by atoms with Gasteiger partial charge in [-0.3, -0.25) is 9.59 Å². The van der Waals surface area contributed by atoms with Crippen LogP contribution in [0.5, 0.6) is 11.5 Å². The summed E-state index contributed by atoms with van der Waals surface area (Å²) in [5.74, 6) is -1.20. The zero-order valence-electron chi connectivity index (χ0n) is 18.1. The van der Waals surface area contributed by atoms with Crippen molar-refractivity contribution >= 4 is 40.4 Å². The third kappa shape index (κ3) is 4.03. The standard InChI is InChI=1S/C25H20ClFN2O4/c1-14-8-10-16(13-17(14)26)28-23-22(15-9-11-20(32-2)21(12-15)33-3)24(30)29(25(23)31)19-7-5-4-6-18(19)27/h4-13,28H,1-3H3. The first kappa shape index (κ1) is 22.4. The molecule has 0 bridgehead atoms. The average Bonchev–Trinajstić information content (AvgIpc) is 3.05. The van der Waals surface area contributed by atoms with E-state index in [1.54, 1.807) is 42.5 Å². The second-order valence-corrected chi connectivity index (χ2v) is 7.71. The molecule has 0 spiro atoms. The summed E-state index contributed by atoms with van der Waals surface area (Å²) in [7, 11) is 2.96. The van der Waals surface area contributed by atoms with Crippen molar-refractivity contribution in [2.75, 3.05) is 24.4 Å². The number of halogens is 2. The van der Waals surface area contributed by atoms with Crippen LogP contribution in [-0.2, 0) is 9.59 Å². The second kappa shape index (κ2) is 8.96. The van der Waals surface area contributed by atoms with Crippen molar-refractivity contribution in [1.29, 1.82) is 0 Å². The molecule has 0 aromatic heterocycles. The molecule has 3 aromatic rings. The highest BCUT2D eigenvalue weighted by atomic mass is 35.5. The molecule has 0 atom stereocenters. The molecular formula is C25H20ClFN2O4. The van der Waals surface area contributed by atoms with E-state index in [0.29, 0.717) is 27.8 Å². The number of aryl methyl sites for hydroxylation is 1. The van der Waals surface area contributed by atoms with E-state index in [-0.39, 0.29) is 17.0 Å². The third-order valence-corrected chi connectivity index (χ3v) is 5.70. The normalized spacial score (nSPS) is 13.5. The molecule has 0 saturated heterocycles. The van der Waals surface area contributed by atoms with Gasteiger partial charge in [-0.1, -0.05) is 35.9 Å². The Labute approximate surface area is 195 Å². The van der Waals surface area contributed by atoms with Crippen molar-refractivity contribution in [1.82, 2.24) is 0 Å². The first-order chi connectivity index (χ1) is 15.8. The molecule has 4 rings (SSSR count). The number of amides is 2. The van der Waals surface area contributed by atoms with Gasteiger partial charge in [0.2, 0.25) is 0 Å². The van der Waals surface area contributed by atoms with E-state index in [0.717, 1.165) is 10.5 Å². The van der Waals surface area contributed by atoms with Crippen molar-refractivity contribution in [3.63, 3.8) is 0 Å². The number of benzene rings is 3. The van der Waals surface area contributed by atoms with E-state index >= 15 is 0 Å². The average molecular weight is 467 g/mol. The van der Waals surface area contributed by atoms with Crippen LogP contribution in [0.1, 0.15) is 11.1 Å². The number of carbonyl (C=O) groups is 2. The molecule has 1 aliphatic heterocycles. The largest absolute Gasteiger partial charge is 0.493 e. The number of ether oxygens (including phenoxy) is 2. The molecule has 0 fully saturated rings. The Morgan fingerprint density at radius 1 is 0.909 bits per heavy atom.